The van der Waals surface area contributed by atoms with Crippen LogP contribution in [0.2, 0.25) is 0 Å². The van der Waals surface area contributed by atoms with Crippen LogP contribution in [0, 0.1) is 0 Å². The largest absolute Gasteiger partial charge is 0.361 e. The number of fused-ring (bicyclic) bond motifs is 2. The fraction of sp³-hybridized carbons (Fsp3) is 0.250. The molecule has 0 bridgehead atoms. The van der Waals surface area contributed by atoms with Crippen LogP contribution in [-0.2, 0) is 19.4 Å². The molecule has 0 radical (unpaired) electrons. The number of carbonyl (C=O) groups is 1. The van der Waals surface area contributed by atoms with Gasteiger partial charge >= 0.3 is 0 Å². The molecule has 0 unspecified atom stereocenters. The molecular formula is C20H20N6OS. The Morgan fingerprint density at radius 3 is 3.11 bits per heavy atom. The molecule has 3 aromatic heterocycles. The van der Waals surface area contributed by atoms with Crippen molar-refractivity contribution in [3.8, 4) is 0 Å². The Labute approximate surface area is 165 Å². The maximum Gasteiger partial charge on any atom is 0.270 e. The van der Waals surface area contributed by atoms with Gasteiger partial charge in [-0.2, -0.15) is 0 Å². The van der Waals surface area contributed by atoms with E-state index in [2.05, 4.69) is 20.3 Å². The molecule has 4 aromatic rings. The van der Waals surface area contributed by atoms with Gasteiger partial charge in [0.1, 0.15) is 5.69 Å². The Hall–Kier alpha value is -3.13. The fourth-order valence-corrected chi connectivity index (χ4v) is 4.58. The predicted octanol–water partition coefficient (Wildman–Crippen LogP) is 3.20. The van der Waals surface area contributed by atoms with E-state index in [4.69, 9.17) is 4.98 Å². The number of anilines is 1. The number of thiazole rings is 1. The second-order valence-corrected chi connectivity index (χ2v) is 7.97. The number of aromatic amines is 2. The number of benzene rings is 1. The van der Waals surface area contributed by atoms with Crippen molar-refractivity contribution in [1.29, 1.82) is 0 Å². The van der Waals surface area contributed by atoms with Gasteiger partial charge in [-0.15, -0.1) is 0 Å². The Morgan fingerprint density at radius 1 is 1.32 bits per heavy atom. The highest BCUT2D eigenvalue weighted by molar-refractivity contribution is 7.15. The summed E-state index contributed by atoms with van der Waals surface area (Å²) in [6.07, 6.45) is 5.19. The van der Waals surface area contributed by atoms with Crippen LogP contribution in [0.3, 0.4) is 0 Å². The summed E-state index contributed by atoms with van der Waals surface area (Å²) in [5.74, 6) is 0.0454. The number of rotatable bonds is 5. The van der Waals surface area contributed by atoms with E-state index in [1.165, 1.54) is 4.88 Å². The van der Waals surface area contributed by atoms with E-state index in [1.54, 1.807) is 17.7 Å². The number of H-pyrrole nitrogens is 2. The summed E-state index contributed by atoms with van der Waals surface area (Å²) in [5.41, 5.74) is 3.84. The lowest BCUT2D eigenvalue weighted by Gasteiger charge is -2.25. The summed E-state index contributed by atoms with van der Waals surface area (Å²) in [6.45, 7) is 2.11. The molecule has 1 aromatic carbocycles. The molecule has 142 valence electrons. The highest BCUT2D eigenvalue weighted by atomic mass is 32.1. The zero-order valence-electron chi connectivity index (χ0n) is 15.2. The number of hydrogen-bond acceptors (Lipinski definition) is 5. The first-order valence-electron chi connectivity index (χ1n) is 9.33. The molecule has 0 fully saturated rings. The standard InChI is InChI=1S/C20H20N6OS/c27-19(17-9-13-3-1-2-4-15(13)24-17)26-8-6-16-18(11-26)28-20(25-16)22-7-5-14-10-21-12-23-14/h1-4,9-10,12,24H,5-8,11H2,(H,21,23)(H,22,25). The molecule has 5 rings (SSSR count). The van der Waals surface area contributed by atoms with E-state index >= 15 is 0 Å². The number of imidazole rings is 1. The fourth-order valence-electron chi connectivity index (χ4n) is 3.53. The molecule has 4 heterocycles. The Kier molecular flexibility index (Phi) is 4.32. The van der Waals surface area contributed by atoms with Crippen molar-refractivity contribution < 1.29 is 4.79 Å². The third-order valence-electron chi connectivity index (χ3n) is 5.00. The van der Waals surface area contributed by atoms with E-state index in [0.717, 1.165) is 46.8 Å². The van der Waals surface area contributed by atoms with Gasteiger partial charge in [-0.05, 0) is 12.1 Å². The van der Waals surface area contributed by atoms with E-state index in [1.807, 2.05) is 41.4 Å². The van der Waals surface area contributed by atoms with Crippen molar-refractivity contribution >= 4 is 33.3 Å². The second kappa shape index (κ2) is 7.12. The van der Waals surface area contributed by atoms with E-state index < -0.39 is 0 Å². The number of para-hydroxylation sites is 1. The molecule has 1 aliphatic rings. The third-order valence-corrected chi connectivity index (χ3v) is 6.04. The maximum atomic E-state index is 12.9. The van der Waals surface area contributed by atoms with Gasteiger partial charge in [-0.25, -0.2) is 9.97 Å². The van der Waals surface area contributed by atoms with Gasteiger partial charge in [-0.1, -0.05) is 29.5 Å². The van der Waals surface area contributed by atoms with Crippen molar-refractivity contribution in [2.45, 2.75) is 19.4 Å². The van der Waals surface area contributed by atoms with Gasteiger partial charge < -0.3 is 20.2 Å². The van der Waals surface area contributed by atoms with Crippen molar-refractivity contribution in [1.82, 2.24) is 24.8 Å². The number of aromatic nitrogens is 4. The highest BCUT2D eigenvalue weighted by Gasteiger charge is 2.25. The molecule has 0 aliphatic carbocycles. The summed E-state index contributed by atoms with van der Waals surface area (Å²) in [6, 6.07) is 9.89. The average Bonchev–Trinajstić information content (AvgIpc) is 3.45. The van der Waals surface area contributed by atoms with Crippen molar-refractivity contribution in [3.05, 3.63) is 64.8 Å². The molecule has 7 nitrogen and oxygen atoms in total. The molecular weight excluding hydrogens is 372 g/mol. The van der Waals surface area contributed by atoms with Gasteiger partial charge in [0.05, 0.1) is 18.6 Å². The lowest BCUT2D eigenvalue weighted by Crippen LogP contribution is -2.35. The Bertz CT molecular complexity index is 1080. The van der Waals surface area contributed by atoms with Crippen LogP contribution in [-0.4, -0.2) is 43.8 Å². The smallest absolute Gasteiger partial charge is 0.270 e. The lowest BCUT2D eigenvalue weighted by molar-refractivity contribution is 0.0731. The Morgan fingerprint density at radius 2 is 2.25 bits per heavy atom. The average molecular weight is 392 g/mol. The normalized spacial score (nSPS) is 13.6. The van der Waals surface area contributed by atoms with Crippen LogP contribution in [0.1, 0.15) is 26.8 Å². The van der Waals surface area contributed by atoms with Crippen LogP contribution in [0.4, 0.5) is 5.13 Å². The summed E-state index contributed by atoms with van der Waals surface area (Å²) >= 11 is 1.64. The van der Waals surface area contributed by atoms with Gasteiger partial charge in [0.2, 0.25) is 0 Å². The molecule has 1 amide bonds. The number of nitrogens with one attached hydrogen (secondary N) is 3. The number of hydrogen-bond donors (Lipinski definition) is 3. The van der Waals surface area contributed by atoms with E-state index in [0.29, 0.717) is 18.8 Å². The summed E-state index contributed by atoms with van der Waals surface area (Å²) in [5, 5.41) is 5.36. The number of amides is 1. The van der Waals surface area contributed by atoms with Crippen LogP contribution in [0.25, 0.3) is 10.9 Å². The summed E-state index contributed by atoms with van der Waals surface area (Å²) in [4.78, 5) is 31.1. The van der Waals surface area contributed by atoms with Gasteiger partial charge in [0, 0.05) is 53.6 Å². The van der Waals surface area contributed by atoms with Crippen LogP contribution < -0.4 is 5.32 Å². The minimum atomic E-state index is 0.0454. The SMILES string of the molecule is O=C(c1cc2ccccc2[nH]1)N1CCc2nc(NCCc3cnc[nH]3)sc2C1. The first-order chi connectivity index (χ1) is 13.8. The number of nitrogens with zero attached hydrogens (tertiary/aromatic N) is 3. The second-order valence-electron chi connectivity index (χ2n) is 6.89. The molecule has 28 heavy (non-hydrogen) atoms. The molecule has 8 heteroatoms. The first-order valence-corrected chi connectivity index (χ1v) is 10.1. The summed E-state index contributed by atoms with van der Waals surface area (Å²) < 4.78 is 0. The zero-order chi connectivity index (χ0) is 18.9. The molecule has 0 spiro atoms. The van der Waals surface area contributed by atoms with Crippen molar-refractivity contribution in [2.24, 2.45) is 0 Å². The van der Waals surface area contributed by atoms with E-state index in [-0.39, 0.29) is 5.91 Å². The van der Waals surface area contributed by atoms with Crippen LogP contribution in [0.5, 0.6) is 0 Å². The van der Waals surface area contributed by atoms with Gasteiger partial charge in [0.15, 0.2) is 5.13 Å². The first kappa shape index (κ1) is 17.0. The molecule has 3 N–H and O–H groups in total. The lowest BCUT2D eigenvalue weighted by atomic mass is 10.1. The van der Waals surface area contributed by atoms with Gasteiger partial charge in [0.25, 0.3) is 5.91 Å². The van der Waals surface area contributed by atoms with Crippen molar-refractivity contribution in [2.75, 3.05) is 18.4 Å². The van der Waals surface area contributed by atoms with Crippen molar-refractivity contribution in [3.63, 3.8) is 0 Å². The molecule has 1 aliphatic heterocycles. The number of carbonyl (C=O) groups excluding carboxylic acids is 1. The van der Waals surface area contributed by atoms with Crippen LogP contribution in [0.15, 0.2) is 42.9 Å². The minimum Gasteiger partial charge on any atom is -0.361 e. The molecule has 0 saturated heterocycles. The van der Waals surface area contributed by atoms with Gasteiger partial charge in [-0.3, -0.25) is 4.79 Å². The highest BCUT2D eigenvalue weighted by Crippen LogP contribution is 2.29. The van der Waals surface area contributed by atoms with E-state index in [9.17, 15) is 4.79 Å². The quantitative estimate of drug-likeness (QED) is 0.487. The van der Waals surface area contributed by atoms with Crippen LogP contribution >= 0.6 is 11.3 Å². The predicted molar refractivity (Wildman–Crippen MR) is 110 cm³/mol. The zero-order valence-corrected chi connectivity index (χ0v) is 16.1. The monoisotopic (exact) mass is 392 g/mol. The topological polar surface area (TPSA) is 89.7 Å². The molecule has 0 atom stereocenters. The molecule has 0 saturated carbocycles. The maximum absolute atomic E-state index is 12.9. The minimum absolute atomic E-state index is 0.0454. The third kappa shape index (κ3) is 3.27. The summed E-state index contributed by atoms with van der Waals surface area (Å²) in [7, 11) is 0. The Balaban J connectivity index is 1.25.